The summed E-state index contributed by atoms with van der Waals surface area (Å²) in [6, 6.07) is 8.40. The van der Waals surface area contributed by atoms with Crippen molar-refractivity contribution in [1.82, 2.24) is 15.2 Å². The third kappa shape index (κ3) is 5.66. The highest BCUT2D eigenvalue weighted by Gasteiger charge is 2.25. The number of sulfonamides is 1. The number of hydrogen-bond donors (Lipinski definition) is 2. The molecule has 31 heavy (non-hydrogen) atoms. The summed E-state index contributed by atoms with van der Waals surface area (Å²) in [5.41, 5.74) is 4.74. The van der Waals surface area contributed by atoms with Crippen LogP contribution in [0.1, 0.15) is 34.6 Å². The summed E-state index contributed by atoms with van der Waals surface area (Å²) in [6.45, 7) is 3.92. The van der Waals surface area contributed by atoms with Crippen LogP contribution in [-0.2, 0) is 10.0 Å². The van der Waals surface area contributed by atoms with Crippen molar-refractivity contribution >= 4 is 33.4 Å². The molecule has 2 aromatic carbocycles. The van der Waals surface area contributed by atoms with Crippen LogP contribution in [0.25, 0.3) is 0 Å². The predicted octanol–water partition coefficient (Wildman–Crippen LogP) is 2.46. The van der Waals surface area contributed by atoms with Crippen molar-refractivity contribution in [3.8, 4) is 11.5 Å². The number of nitrogens with one attached hydrogen (secondary N) is 2. The number of hydrazine groups is 1. The topological polar surface area (TPSA) is 114 Å². The summed E-state index contributed by atoms with van der Waals surface area (Å²) in [4.78, 5) is 24.7. The zero-order valence-corrected chi connectivity index (χ0v) is 19.1. The smallest absolute Gasteiger partial charge is 0.269 e. The number of methoxy groups -OCH3 is 2. The van der Waals surface area contributed by atoms with E-state index in [4.69, 9.17) is 21.1 Å². The van der Waals surface area contributed by atoms with Crippen LogP contribution in [0.4, 0.5) is 0 Å². The summed E-state index contributed by atoms with van der Waals surface area (Å²) < 4.78 is 37.0. The van der Waals surface area contributed by atoms with Gasteiger partial charge >= 0.3 is 0 Å². The fourth-order valence-corrected chi connectivity index (χ4v) is 4.70. The van der Waals surface area contributed by atoms with Gasteiger partial charge in [-0.05, 0) is 30.3 Å². The Labute approximate surface area is 186 Å². The van der Waals surface area contributed by atoms with Gasteiger partial charge in [-0.15, -0.1) is 0 Å². The molecule has 0 radical (unpaired) electrons. The van der Waals surface area contributed by atoms with Crippen molar-refractivity contribution in [1.29, 1.82) is 0 Å². The van der Waals surface area contributed by atoms with Crippen molar-refractivity contribution in [2.45, 2.75) is 18.7 Å². The fraction of sp³-hybridized carbons (Fsp3) is 0.300. The van der Waals surface area contributed by atoms with Gasteiger partial charge in [-0.1, -0.05) is 25.4 Å². The van der Waals surface area contributed by atoms with Crippen molar-refractivity contribution in [2.75, 3.05) is 27.3 Å². The van der Waals surface area contributed by atoms with Gasteiger partial charge in [0.1, 0.15) is 16.4 Å². The van der Waals surface area contributed by atoms with Gasteiger partial charge in [-0.25, -0.2) is 8.42 Å². The van der Waals surface area contributed by atoms with Gasteiger partial charge in [-0.3, -0.25) is 20.4 Å². The van der Waals surface area contributed by atoms with E-state index in [0.717, 1.165) is 0 Å². The molecule has 2 amide bonds. The Hall–Kier alpha value is -2.82. The van der Waals surface area contributed by atoms with Crippen molar-refractivity contribution in [3.05, 3.63) is 52.5 Å². The summed E-state index contributed by atoms with van der Waals surface area (Å²) in [5, 5.41) is -0.00374. The lowest BCUT2D eigenvalue weighted by Crippen LogP contribution is -2.41. The number of benzene rings is 2. The molecule has 0 spiro atoms. The van der Waals surface area contributed by atoms with E-state index in [1.54, 1.807) is 19.9 Å². The monoisotopic (exact) mass is 469 g/mol. The van der Waals surface area contributed by atoms with Crippen LogP contribution < -0.4 is 20.3 Å². The van der Waals surface area contributed by atoms with Gasteiger partial charge in [0.25, 0.3) is 11.8 Å². The third-order valence-electron chi connectivity index (χ3n) is 4.42. The number of nitrogens with zero attached hydrogens (tertiary/aromatic N) is 1. The largest absolute Gasteiger partial charge is 0.497 e. The predicted molar refractivity (Wildman–Crippen MR) is 116 cm³/mol. The van der Waals surface area contributed by atoms with E-state index < -0.39 is 21.8 Å². The SMILES string of the molecule is CCN(CC)S(=O)(=O)c1cc(C(=O)NNC(=O)c2cc(OC)cc(OC)c2)ccc1Cl. The van der Waals surface area contributed by atoms with Gasteiger partial charge in [0.15, 0.2) is 0 Å². The lowest BCUT2D eigenvalue weighted by atomic mass is 10.2. The minimum Gasteiger partial charge on any atom is -0.497 e. The number of carbonyl (C=O) groups is 2. The highest BCUT2D eigenvalue weighted by Crippen LogP contribution is 2.26. The quantitative estimate of drug-likeness (QED) is 0.574. The molecule has 11 heteroatoms. The molecule has 2 N–H and O–H groups in total. The van der Waals surface area contributed by atoms with Crippen LogP contribution >= 0.6 is 11.6 Å². The number of carbonyl (C=O) groups excluding carboxylic acids is 2. The molecule has 0 saturated carbocycles. The highest BCUT2D eigenvalue weighted by molar-refractivity contribution is 7.89. The molecule has 0 heterocycles. The van der Waals surface area contributed by atoms with Crippen LogP contribution in [0.3, 0.4) is 0 Å². The molecular formula is C20H24ClN3O6S. The summed E-state index contributed by atoms with van der Waals surface area (Å²) in [7, 11) is -0.977. The first-order valence-electron chi connectivity index (χ1n) is 9.31. The summed E-state index contributed by atoms with van der Waals surface area (Å²) >= 11 is 6.08. The van der Waals surface area contributed by atoms with Gasteiger partial charge in [0.05, 0.1) is 19.2 Å². The molecule has 0 bridgehead atoms. The first-order chi connectivity index (χ1) is 14.7. The molecule has 0 unspecified atom stereocenters. The molecule has 0 fully saturated rings. The zero-order valence-electron chi connectivity index (χ0n) is 17.6. The van der Waals surface area contributed by atoms with Crippen molar-refractivity contribution in [3.63, 3.8) is 0 Å². The third-order valence-corrected chi connectivity index (χ3v) is 6.95. The first kappa shape index (κ1) is 24.4. The second-order valence-corrected chi connectivity index (χ2v) is 8.56. The van der Waals surface area contributed by atoms with Gasteiger partial charge < -0.3 is 9.47 Å². The number of hydrogen-bond acceptors (Lipinski definition) is 6. The Balaban J connectivity index is 2.21. The molecular weight excluding hydrogens is 446 g/mol. The van der Waals surface area contributed by atoms with Crippen LogP contribution in [0.5, 0.6) is 11.5 Å². The zero-order chi connectivity index (χ0) is 23.2. The lowest BCUT2D eigenvalue weighted by Gasteiger charge is -2.19. The maximum atomic E-state index is 12.8. The number of rotatable bonds is 8. The van der Waals surface area contributed by atoms with Crippen LogP contribution in [0, 0.1) is 0 Å². The van der Waals surface area contributed by atoms with Crippen LogP contribution in [0.15, 0.2) is 41.3 Å². The van der Waals surface area contributed by atoms with Crippen LogP contribution in [-0.4, -0.2) is 51.8 Å². The molecule has 0 atom stereocenters. The number of amides is 2. The summed E-state index contributed by atoms with van der Waals surface area (Å²) in [6.07, 6.45) is 0. The van der Waals surface area contributed by atoms with Crippen molar-refractivity contribution in [2.24, 2.45) is 0 Å². The fourth-order valence-electron chi connectivity index (χ4n) is 2.74. The first-order valence-corrected chi connectivity index (χ1v) is 11.1. The number of halogens is 1. The van der Waals surface area contributed by atoms with E-state index in [9.17, 15) is 18.0 Å². The standard InChI is InChI=1S/C20H24ClN3O6S/c1-5-24(6-2)31(27,28)18-11-13(7-8-17(18)21)19(25)22-23-20(26)14-9-15(29-3)12-16(10-14)30-4/h7-12H,5-6H2,1-4H3,(H,22,25)(H,23,26). The molecule has 9 nitrogen and oxygen atoms in total. The Kier molecular flexibility index (Phi) is 8.26. The van der Waals surface area contributed by atoms with Crippen molar-refractivity contribution < 1.29 is 27.5 Å². The maximum absolute atomic E-state index is 12.8. The Bertz CT molecular complexity index is 1050. The van der Waals surface area contributed by atoms with E-state index in [1.165, 1.54) is 48.9 Å². The second-order valence-electron chi connectivity index (χ2n) is 6.24. The lowest BCUT2D eigenvalue weighted by molar-refractivity contribution is 0.0846. The number of ether oxygens (including phenoxy) is 2. The van der Waals surface area contributed by atoms with E-state index in [1.807, 2.05) is 0 Å². The molecule has 2 rings (SSSR count). The van der Waals surface area contributed by atoms with E-state index in [2.05, 4.69) is 10.9 Å². The Morgan fingerprint density at radius 2 is 1.42 bits per heavy atom. The van der Waals surface area contributed by atoms with E-state index in [0.29, 0.717) is 11.5 Å². The second kappa shape index (κ2) is 10.5. The average molecular weight is 470 g/mol. The molecule has 2 aromatic rings. The Morgan fingerprint density at radius 3 is 1.90 bits per heavy atom. The minimum absolute atomic E-state index is 0.00374. The van der Waals surface area contributed by atoms with Crippen LogP contribution in [0.2, 0.25) is 5.02 Å². The van der Waals surface area contributed by atoms with Gasteiger partial charge in [0.2, 0.25) is 10.0 Å². The average Bonchev–Trinajstić information content (AvgIpc) is 2.77. The molecule has 0 aliphatic heterocycles. The Morgan fingerprint density at radius 1 is 0.903 bits per heavy atom. The van der Waals surface area contributed by atoms with Gasteiger partial charge in [0, 0.05) is 30.3 Å². The molecule has 0 aromatic heterocycles. The van der Waals surface area contributed by atoms with E-state index >= 15 is 0 Å². The normalized spacial score (nSPS) is 11.2. The molecule has 0 aliphatic rings. The minimum atomic E-state index is -3.87. The molecule has 168 valence electrons. The molecule has 0 saturated heterocycles. The van der Waals surface area contributed by atoms with Gasteiger partial charge in [-0.2, -0.15) is 4.31 Å². The highest BCUT2D eigenvalue weighted by atomic mass is 35.5. The molecule has 0 aliphatic carbocycles. The maximum Gasteiger partial charge on any atom is 0.269 e. The summed E-state index contributed by atoms with van der Waals surface area (Å²) in [5.74, 6) is -0.522. The van der Waals surface area contributed by atoms with E-state index in [-0.39, 0.29) is 34.1 Å².